The number of aromatic nitrogens is 4. The highest BCUT2D eigenvalue weighted by Crippen LogP contribution is 2.34. The summed E-state index contributed by atoms with van der Waals surface area (Å²) in [6.45, 7) is 2.10. The number of carbonyl (C=O) groups is 1. The van der Waals surface area contributed by atoms with Gasteiger partial charge in [-0.15, -0.1) is 10.2 Å². The third-order valence-electron chi connectivity index (χ3n) is 5.14. The van der Waals surface area contributed by atoms with E-state index in [-0.39, 0.29) is 17.7 Å². The van der Waals surface area contributed by atoms with Crippen molar-refractivity contribution in [3.8, 4) is 11.3 Å². The minimum Gasteiger partial charge on any atom is -0.381 e. The number of hydrogen-bond acceptors (Lipinski definition) is 6. The van der Waals surface area contributed by atoms with E-state index < -0.39 is 0 Å². The van der Waals surface area contributed by atoms with E-state index in [0.29, 0.717) is 18.1 Å². The van der Waals surface area contributed by atoms with Crippen LogP contribution in [-0.2, 0) is 16.5 Å². The predicted octanol–water partition coefficient (Wildman–Crippen LogP) is 1.73. The molecule has 1 spiro atoms. The Labute approximate surface area is 157 Å². The second-order valence-corrected chi connectivity index (χ2v) is 7.14. The van der Waals surface area contributed by atoms with Gasteiger partial charge in [0.05, 0.1) is 17.5 Å². The second kappa shape index (κ2) is 7.61. The number of anilines is 1. The van der Waals surface area contributed by atoms with Gasteiger partial charge in [0.2, 0.25) is 0 Å². The molecule has 2 N–H and O–H groups in total. The van der Waals surface area contributed by atoms with Crippen molar-refractivity contribution in [2.75, 3.05) is 25.1 Å². The van der Waals surface area contributed by atoms with Crippen molar-refractivity contribution in [1.82, 2.24) is 25.3 Å². The number of hydrogen-bond donors (Lipinski definition) is 2. The van der Waals surface area contributed by atoms with Crippen LogP contribution < -0.4 is 10.6 Å². The monoisotopic (exact) mass is 372 g/mol. The van der Waals surface area contributed by atoms with Crippen molar-refractivity contribution in [3.63, 3.8) is 0 Å². The molecule has 0 saturated carbocycles. The van der Waals surface area contributed by atoms with E-state index in [0.717, 1.165) is 44.5 Å². The van der Waals surface area contributed by atoms with Crippen LogP contribution >= 0.6 is 0 Å². The van der Waals surface area contributed by atoms with Gasteiger partial charge in [0.25, 0.3) is 0 Å². The first kappa shape index (κ1) is 17.9. The Morgan fingerprint density at radius 1 is 1.26 bits per heavy atom. The van der Waals surface area contributed by atoms with Gasteiger partial charge in [0, 0.05) is 44.7 Å². The van der Waals surface area contributed by atoms with Gasteiger partial charge in [0.15, 0.2) is 5.82 Å². The summed E-state index contributed by atoms with van der Waals surface area (Å²) in [5.74, 6) is 0.410. The van der Waals surface area contributed by atoms with Crippen LogP contribution in [0.3, 0.4) is 0 Å². The first-order chi connectivity index (χ1) is 13.1. The van der Waals surface area contributed by atoms with Crippen LogP contribution in [0.15, 0.2) is 24.5 Å². The van der Waals surface area contributed by atoms with Crippen LogP contribution in [-0.4, -0.2) is 57.5 Å². The fraction of sp³-hybridized carbons (Fsp3) is 0.556. The maximum Gasteiger partial charge on any atom is 0.320 e. The first-order valence-electron chi connectivity index (χ1n) is 9.24. The molecule has 2 aromatic heterocycles. The van der Waals surface area contributed by atoms with E-state index in [1.807, 2.05) is 19.3 Å². The fourth-order valence-corrected chi connectivity index (χ4v) is 3.69. The zero-order valence-electron chi connectivity index (χ0n) is 15.4. The Morgan fingerprint density at radius 3 is 2.81 bits per heavy atom. The number of carbonyl (C=O) groups excluding carboxylic acids is 1. The average molecular weight is 372 g/mol. The molecule has 144 valence electrons. The molecular weight excluding hydrogens is 348 g/mol. The Kier molecular flexibility index (Phi) is 5.04. The van der Waals surface area contributed by atoms with Crippen LogP contribution in [0, 0.1) is 0 Å². The van der Waals surface area contributed by atoms with Crippen molar-refractivity contribution < 1.29 is 14.3 Å². The molecule has 0 bridgehead atoms. The number of rotatable bonds is 3. The lowest BCUT2D eigenvalue weighted by molar-refractivity contribution is -0.139. The van der Waals surface area contributed by atoms with Crippen molar-refractivity contribution >= 4 is 11.8 Å². The number of ether oxygens (including phenoxy) is 2. The highest BCUT2D eigenvalue weighted by Gasteiger charge is 2.39. The van der Waals surface area contributed by atoms with Crippen LogP contribution in [0.1, 0.15) is 25.7 Å². The van der Waals surface area contributed by atoms with Crippen molar-refractivity contribution in [1.29, 1.82) is 0 Å². The second-order valence-electron chi connectivity index (χ2n) is 7.14. The minimum atomic E-state index is -0.271. The summed E-state index contributed by atoms with van der Waals surface area (Å²) in [7, 11) is 1.85. The zero-order chi connectivity index (χ0) is 18.7. The van der Waals surface area contributed by atoms with Crippen molar-refractivity contribution in [2.45, 2.75) is 37.3 Å². The molecule has 2 aliphatic heterocycles. The van der Waals surface area contributed by atoms with Crippen LogP contribution in [0.25, 0.3) is 11.3 Å². The Hall–Kier alpha value is -2.52. The van der Waals surface area contributed by atoms with Gasteiger partial charge in [-0.05, 0) is 37.8 Å². The molecule has 4 heterocycles. The van der Waals surface area contributed by atoms with E-state index >= 15 is 0 Å². The van der Waals surface area contributed by atoms with E-state index in [1.165, 1.54) is 0 Å². The molecule has 1 unspecified atom stereocenters. The van der Waals surface area contributed by atoms with Gasteiger partial charge in [-0.25, -0.2) is 4.79 Å². The number of aryl methyl sites for hydroxylation is 1. The van der Waals surface area contributed by atoms with Gasteiger partial charge >= 0.3 is 6.03 Å². The highest BCUT2D eigenvalue weighted by atomic mass is 16.5. The highest BCUT2D eigenvalue weighted by molar-refractivity contribution is 5.88. The summed E-state index contributed by atoms with van der Waals surface area (Å²) in [5, 5.41) is 18.1. The Bertz CT molecular complexity index is 779. The number of urea groups is 1. The lowest BCUT2D eigenvalue weighted by atomic mass is 9.84. The lowest BCUT2D eigenvalue weighted by Crippen LogP contribution is -2.51. The summed E-state index contributed by atoms with van der Waals surface area (Å²) in [4.78, 5) is 12.3. The molecule has 2 saturated heterocycles. The smallest absolute Gasteiger partial charge is 0.320 e. The number of nitrogens with one attached hydrogen (secondary N) is 2. The number of nitrogens with zero attached hydrogens (tertiary/aromatic N) is 4. The molecule has 0 radical (unpaired) electrons. The molecule has 2 amide bonds. The molecule has 2 aromatic rings. The topological polar surface area (TPSA) is 103 Å². The minimum absolute atomic E-state index is 0.0828. The molecular formula is C18H24N6O3. The maximum atomic E-state index is 12.3. The van der Waals surface area contributed by atoms with E-state index in [2.05, 4.69) is 25.9 Å². The SMILES string of the molecule is Cn1cc(-c2ccc(NC(=O)NC3CCOC4(CCOCC4)C3)nn2)cn1. The zero-order valence-corrected chi connectivity index (χ0v) is 15.4. The molecule has 4 rings (SSSR count). The molecule has 0 aliphatic carbocycles. The molecule has 27 heavy (non-hydrogen) atoms. The van der Waals surface area contributed by atoms with E-state index in [9.17, 15) is 4.79 Å². The normalized spacial score (nSPS) is 21.7. The predicted molar refractivity (Wildman–Crippen MR) is 98.1 cm³/mol. The summed E-state index contributed by atoms with van der Waals surface area (Å²) in [6.07, 6.45) is 6.97. The Morgan fingerprint density at radius 2 is 2.11 bits per heavy atom. The molecule has 9 heteroatoms. The third kappa shape index (κ3) is 4.25. The standard InChI is InChI=1S/C18H24N6O3/c1-24-12-13(11-19-24)15-2-3-16(23-22-15)21-17(25)20-14-4-7-27-18(10-14)5-8-26-9-6-18/h2-3,11-12,14H,4-10H2,1H3,(H2,20,21,23,25). The van der Waals surface area contributed by atoms with E-state index in [4.69, 9.17) is 9.47 Å². The van der Waals surface area contributed by atoms with Gasteiger partial charge < -0.3 is 14.8 Å². The van der Waals surface area contributed by atoms with Gasteiger partial charge in [-0.1, -0.05) is 0 Å². The summed E-state index contributed by atoms with van der Waals surface area (Å²) < 4.78 is 13.2. The van der Waals surface area contributed by atoms with Gasteiger partial charge in [-0.2, -0.15) is 5.10 Å². The fourth-order valence-electron chi connectivity index (χ4n) is 3.69. The van der Waals surface area contributed by atoms with Crippen LogP contribution in [0.4, 0.5) is 10.6 Å². The molecule has 1 atom stereocenters. The molecule has 2 fully saturated rings. The first-order valence-corrected chi connectivity index (χ1v) is 9.24. The summed E-state index contributed by atoms with van der Waals surface area (Å²) in [6, 6.07) is 3.36. The summed E-state index contributed by atoms with van der Waals surface area (Å²) in [5.41, 5.74) is 1.43. The van der Waals surface area contributed by atoms with Crippen molar-refractivity contribution in [2.24, 2.45) is 7.05 Å². The third-order valence-corrected chi connectivity index (χ3v) is 5.14. The van der Waals surface area contributed by atoms with Crippen LogP contribution in [0.5, 0.6) is 0 Å². The quantitative estimate of drug-likeness (QED) is 0.850. The summed E-state index contributed by atoms with van der Waals surface area (Å²) >= 11 is 0. The van der Waals surface area contributed by atoms with Gasteiger partial charge in [0.1, 0.15) is 0 Å². The molecule has 9 nitrogen and oxygen atoms in total. The van der Waals surface area contributed by atoms with E-state index in [1.54, 1.807) is 16.9 Å². The lowest BCUT2D eigenvalue weighted by Gasteiger charge is -2.43. The number of amides is 2. The molecule has 0 aromatic carbocycles. The average Bonchev–Trinajstić information content (AvgIpc) is 3.09. The maximum absolute atomic E-state index is 12.3. The Balaban J connectivity index is 1.32. The van der Waals surface area contributed by atoms with Crippen LogP contribution in [0.2, 0.25) is 0 Å². The van der Waals surface area contributed by atoms with Gasteiger partial charge in [-0.3, -0.25) is 10.00 Å². The molecule has 2 aliphatic rings. The largest absolute Gasteiger partial charge is 0.381 e. The van der Waals surface area contributed by atoms with Crippen molar-refractivity contribution in [3.05, 3.63) is 24.5 Å².